The molecule has 1 amide bonds. The number of carbonyl (C=O) groups is 1. The standard InChI is InChI=1S/C12H17ClN2OS/c1-8-11(17-9(2)14-8)12(16)15-5-3-10(7-13)4-6-15/h10H,3-7H2,1-2H3. The van der Waals surface area contributed by atoms with E-state index in [2.05, 4.69) is 4.98 Å². The highest BCUT2D eigenvalue weighted by Crippen LogP contribution is 2.23. The van der Waals surface area contributed by atoms with Gasteiger partial charge in [-0.2, -0.15) is 0 Å². The first-order valence-electron chi connectivity index (χ1n) is 5.91. The number of piperidine rings is 1. The molecule has 17 heavy (non-hydrogen) atoms. The maximum absolute atomic E-state index is 12.3. The number of nitrogens with zero attached hydrogens (tertiary/aromatic N) is 2. The molecule has 0 bridgehead atoms. The minimum Gasteiger partial charge on any atom is -0.338 e. The first-order chi connectivity index (χ1) is 8.11. The SMILES string of the molecule is Cc1nc(C)c(C(=O)N2CCC(CCl)CC2)s1. The fraction of sp³-hybridized carbons (Fsp3) is 0.667. The Bertz CT molecular complexity index is 411. The lowest BCUT2D eigenvalue weighted by Gasteiger charge is -2.30. The Morgan fingerprint density at radius 2 is 2.12 bits per heavy atom. The molecule has 1 aromatic rings. The van der Waals surface area contributed by atoms with Gasteiger partial charge in [-0.25, -0.2) is 4.98 Å². The third-order valence-electron chi connectivity index (χ3n) is 3.22. The van der Waals surface area contributed by atoms with Crippen molar-refractivity contribution in [3.05, 3.63) is 15.6 Å². The molecular formula is C12H17ClN2OS. The zero-order valence-electron chi connectivity index (χ0n) is 10.2. The van der Waals surface area contributed by atoms with E-state index in [1.807, 2.05) is 18.7 Å². The summed E-state index contributed by atoms with van der Waals surface area (Å²) in [5, 5.41) is 0.960. The predicted octanol–water partition coefficient (Wildman–Crippen LogP) is 2.85. The number of aryl methyl sites for hydroxylation is 2. The molecule has 2 heterocycles. The van der Waals surface area contributed by atoms with Crippen molar-refractivity contribution in [1.82, 2.24) is 9.88 Å². The van der Waals surface area contributed by atoms with Crippen molar-refractivity contribution < 1.29 is 4.79 Å². The summed E-state index contributed by atoms with van der Waals surface area (Å²) in [5.74, 6) is 1.42. The van der Waals surface area contributed by atoms with Crippen molar-refractivity contribution in [3.8, 4) is 0 Å². The number of carbonyl (C=O) groups excluding carboxylic acids is 1. The van der Waals surface area contributed by atoms with Crippen LogP contribution in [0.25, 0.3) is 0 Å². The van der Waals surface area contributed by atoms with E-state index in [0.29, 0.717) is 11.8 Å². The van der Waals surface area contributed by atoms with Crippen molar-refractivity contribution >= 4 is 28.8 Å². The normalized spacial score (nSPS) is 17.5. The molecule has 0 aliphatic carbocycles. The highest BCUT2D eigenvalue weighted by Gasteiger charge is 2.25. The number of alkyl halides is 1. The van der Waals surface area contributed by atoms with Crippen LogP contribution in [0.1, 0.15) is 33.2 Å². The van der Waals surface area contributed by atoms with Gasteiger partial charge < -0.3 is 4.90 Å². The third-order valence-corrected chi connectivity index (χ3v) is 4.72. The average Bonchev–Trinajstić information content (AvgIpc) is 2.68. The number of hydrogen-bond acceptors (Lipinski definition) is 3. The van der Waals surface area contributed by atoms with E-state index in [1.165, 1.54) is 11.3 Å². The lowest BCUT2D eigenvalue weighted by molar-refractivity contribution is 0.0702. The van der Waals surface area contributed by atoms with Gasteiger partial charge in [0.1, 0.15) is 4.88 Å². The zero-order valence-corrected chi connectivity index (χ0v) is 11.8. The zero-order chi connectivity index (χ0) is 12.4. The smallest absolute Gasteiger partial charge is 0.265 e. The van der Waals surface area contributed by atoms with Crippen LogP contribution < -0.4 is 0 Å². The van der Waals surface area contributed by atoms with Crippen molar-refractivity contribution in [1.29, 1.82) is 0 Å². The number of amides is 1. The summed E-state index contributed by atoms with van der Waals surface area (Å²) in [6.45, 7) is 5.50. The van der Waals surface area contributed by atoms with Crippen LogP contribution in [0.15, 0.2) is 0 Å². The van der Waals surface area contributed by atoms with Gasteiger partial charge in [0.15, 0.2) is 0 Å². The van der Waals surface area contributed by atoms with Gasteiger partial charge in [-0.1, -0.05) is 0 Å². The summed E-state index contributed by atoms with van der Waals surface area (Å²) in [6, 6.07) is 0. The Kier molecular flexibility index (Phi) is 4.05. The van der Waals surface area contributed by atoms with Gasteiger partial charge in [0.2, 0.25) is 0 Å². The number of likely N-dealkylation sites (tertiary alicyclic amines) is 1. The van der Waals surface area contributed by atoms with Crippen LogP contribution in [0.4, 0.5) is 0 Å². The molecule has 0 aromatic carbocycles. The fourth-order valence-electron chi connectivity index (χ4n) is 2.16. The molecule has 94 valence electrons. The van der Waals surface area contributed by atoms with Crippen molar-refractivity contribution in [2.45, 2.75) is 26.7 Å². The summed E-state index contributed by atoms with van der Waals surface area (Å²) in [7, 11) is 0. The quantitative estimate of drug-likeness (QED) is 0.776. The minimum atomic E-state index is 0.140. The molecule has 3 nitrogen and oxygen atoms in total. The molecule has 1 aliphatic rings. The Balaban J connectivity index is 2.04. The Hall–Kier alpha value is -0.610. The molecule has 0 unspecified atom stereocenters. The highest BCUT2D eigenvalue weighted by molar-refractivity contribution is 7.13. The van der Waals surface area contributed by atoms with E-state index < -0.39 is 0 Å². The summed E-state index contributed by atoms with van der Waals surface area (Å²) < 4.78 is 0. The Morgan fingerprint density at radius 1 is 1.47 bits per heavy atom. The number of aromatic nitrogens is 1. The van der Waals surface area contributed by atoms with E-state index in [0.717, 1.165) is 41.5 Å². The lowest BCUT2D eigenvalue weighted by atomic mass is 9.99. The largest absolute Gasteiger partial charge is 0.338 e. The second-order valence-electron chi connectivity index (χ2n) is 4.54. The molecule has 0 N–H and O–H groups in total. The molecular weight excluding hydrogens is 256 g/mol. The van der Waals surface area contributed by atoms with Crippen LogP contribution in [-0.4, -0.2) is 34.8 Å². The van der Waals surface area contributed by atoms with Gasteiger partial charge in [-0.05, 0) is 32.6 Å². The maximum atomic E-state index is 12.3. The van der Waals surface area contributed by atoms with Gasteiger partial charge in [0.25, 0.3) is 5.91 Å². The average molecular weight is 273 g/mol. The fourth-order valence-corrected chi connectivity index (χ4v) is 3.36. The van der Waals surface area contributed by atoms with Crippen molar-refractivity contribution in [3.63, 3.8) is 0 Å². The van der Waals surface area contributed by atoms with Crippen LogP contribution in [0, 0.1) is 19.8 Å². The Labute approximate surface area is 111 Å². The van der Waals surface area contributed by atoms with Gasteiger partial charge >= 0.3 is 0 Å². The molecule has 0 saturated carbocycles. The van der Waals surface area contributed by atoms with Crippen LogP contribution in [0.5, 0.6) is 0 Å². The number of halogens is 1. The van der Waals surface area contributed by atoms with E-state index in [-0.39, 0.29) is 5.91 Å². The number of rotatable bonds is 2. The monoisotopic (exact) mass is 272 g/mol. The predicted molar refractivity (Wildman–Crippen MR) is 70.9 cm³/mol. The van der Waals surface area contributed by atoms with E-state index in [9.17, 15) is 4.79 Å². The van der Waals surface area contributed by atoms with Crippen molar-refractivity contribution in [2.24, 2.45) is 5.92 Å². The molecule has 0 radical (unpaired) electrons. The molecule has 0 atom stereocenters. The van der Waals surface area contributed by atoms with Gasteiger partial charge in [-0.15, -0.1) is 22.9 Å². The van der Waals surface area contributed by atoms with Crippen molar-refractivity contribution in [2.75, 3.05) is 19.0 Å². The first-order valence-corrected chi connectivity index (χ1v) is 7.26. The topological polar surface area (TPSA) is 33.2 Å². The highest BCUT2D eigenvalue weighted by atomic mass is 35.5. The van der Waals surface area contributed by atoms with Crippen LogP contribution in [0.3, 0.4) is 0 Å². The van der Waals surface area contributed by atoms with E-state index in [1.54, 1.807) is 0 Å². The van der Waals surface area contributed by atoms with Crippen LogP contribution in [-0.2, 0) is 0 Å². The molecule has 1 aromatic heterocycles. The summed E-state index contributed by atoms with van der Waals surface area (Å²) >= 11 is 7.34. The molecule has 2 rings (SSSR count). The third kappa shape index (κ3) is 2.80. The minimum absolute atomic E-state index is 0.140. The second kappa shape index (κ2) is 5.36. The molecule has 0 spiro atoms. The van der Waals surface area contributed by atoms with Gasteiger partial charge in [0, 0.05) is 19.0 Å². The first kappa shape index (κ1) is 12.8. The lowest BCUT2D eigenvalue weighted by Crippen LogP contribution is -2.38. The van der Waals surface area contributed by atoms with Gasteiger partial charge in [-0.3, -0.25) is 4.79 Å². The summed E-state index contributed by atoms with van der Waals surface area (Å²) in [5.41, 5.74) is 0.858. The molecule has 1 saturated heterocycles. The maximum Gasteiger partial charge on any atom is 0.265 e. The number of thiazole rings is 1. The molecule has 1 aliphatic heterocycles. The van der Waals surface area contributed by atoms with E-state index >= 15 is 0 Å². The summed E-state index contributed by atoms with van der Waals surface area (Å²) in [6.07, 6.45) is 2.04. The summed E-state index contributed by atoms with van der Waals surface area (Å²) in [4.78, 5) is 19.3. The molecule has 5 heteroatoms. The second-order valence-corrected chi connectivity index (χ2v) is 6.05. The number of hydrogen-bond donors (Lipinski definition) is 0. The van der Waals surface area contributed by atoms with Crippen LogP contribution in [0.2, 0.25) is 0 Å². The van der Waals surface area contributed by atoms with E-state index in [4.69, 9.17) is 11.6 Å². The Morgan fingerprint density at radius 3 is 2.59 bits per heavy atom. The molecule has 1 fully saturated rings. The van der Waals surface area contributed by atoms with Crippen LogP contribution >= 0.6 is 22.9 Å². The van der Waals surface area contributed by atoms with Gasteiger partial charge in [0.05, 0.1) is 10.7 Å².